The smallest absolute Gasteiger partial charge is 0.324 e. The number of phenolic OH excluding ortho intramolecular Hbond substituents is 1. The van der Waals surface area contributed by atoms with E-state index in [0.29, 0.717) is 12.1 Å². The number of hydrogen-bond donors (Lipinski definition) is 1. The van der Waals surface area contributed by atoms with Crippen LogP contribution in [-0.2, 0) is 12.8 Å². The van der Waals surface area contributed by atoms with Gasteiger partial charge in [-0.3, -0.25) is 30.3 Å². The van der Waals surface area contributed by atoms with E-state index in [9.17, 15) is 30.3 Å². The van der Waals surface area contributed by atoms with Gasteiger partial charge < -0.3 is 5.11 Å². The van der Waals surface area contributed by atoms with E-state index in [1.165, 1.54) is 45.9 Å². The van der Waals surface area contributed by atoms with Crippen LogP contribution in [0.15, 0.2) is 78.9 Å². The number of aryl methyl sites for hydroxylation is 3. The molecule has 10 heteroatoms. The second-order valence-electron chi connectivity index (χ2n) is 9.17. The summed E-state index contributed by atoms with van der Waals surface area (Å²) in [6.07, 6.45) is 7.05. The van der Waals surface area contributed by atoms with Crippen LogP contribution in [0.4, 0.5) is 17.1 Å². The normalized spacial score (nSPS) is 12.1. The number of nitro groups is 3. The third-order valence-electron chi connectivity index (χ3n) is 6.63. The largest absolute Gasteiger partial charge is 0.497 e. The van der Waals surface area contributed by atoms with Gasteiger partial charge in [-0.25, -0.2) is 0 Å². The van der Waals surface area contributed by atoms with Crippen molar-refractivity contribution in [2.45, 2.75) is 32.6 Å². The molecule has 0 bridgehead atoms. The first-order valence-corrected chi connectivity index (χ1v) is 12.2. The number of nitro benzene ring substituents is 3. The Morgan fingerprint density at radius 3 is 2.05 bits per heavy atom. The first kappa shape index (κ1) is 26.9. The molecule has 1 N–H and O–H groups in total. The number of allylic oxidation sites excluding steroid dienone is 2. The number of nitrogens with zero attached hydrogens (tertiary/aromatic N) is 3. The van der Waals surface area contributed by atoms with Gasteiger partial charge in [0.1, 0.15) is 0 Å². The predicted molar refractivity (Wildman–Crippen MR) is 148 cm³/mol. The van der Waals surface area contributed by atoms with Gasteiger partial charge in [0, 0.05) is 0 Å². The molecule has 0 radical (unpaired) electrons. The van der Waals surface area contributed by atoms with Crippen molar-refractivity contribution < 1.29 is 19.9 Å². The number of benzene rings is 4. The van der Waals surface area contributed by atoms with E-state index < -0.39 is 37.6 Å². The minimum Gasteiger partial charge on any atom is -0.497 e. The van der Waals surface area contributed by atoms with Crippen LogP contribution in [0.3, 0.4) is 0 Å². The third kappa shape index (κ3) is 6.07. The van der Waals surface area contributed by atoms with E-state index in [1.54, 1.807) is 5.56 Å². The minimum atomic E-state index is -1.21. The van der Waals surface area contributed by atoms with Gasteiger partial charge in [-0.05, 0) is 65.6 Å². The Hall–Kier alpha value is -5.12. The second kappa shape index (κ2) is 11.5. The van der Waals surface area contributed by atoms with Crippen molar-refractivity contribution >= 4 is 33.4 Å². The van der Waals surface area contributed by atoms with E-state index in [1.807, 2.05) is 0 Å². The van der Waals surface area contributed by atoms with Crippen molar-refractivity contribution in [2.24, 2.45) is 0 Å². The fourth-order valence-electron chi connectivity index (χ4n) is 4.65. The lowest BCUT2D eigenvalue weighted by Crippen LogP contribution is -2.02. The fourth-order valence-corrected chi connectivity index (χ4v) is 4.65. The second-order valence-corrected chi connectivity index (χ2v) is 9.17. The lowest BCUT2D eigenvalue weighted by atomic mass is 9.85. The van der Waals surface area contributed by atoms with E-state index >= 15 is 0 Å². The average molecular weight is 528 g/mol. The Bertz CT molecular complexity index is 1580. The Morgan fingerprint density at radius 2 is 1.44 bits per heavy atom. The zero-order chi connectivity index (χ0) is 28.1. The van der Waals surface area contributed by atoms with Crippen LogP contribution in [0.1, 0.15) is 35.1 Å². The number of phenols is 1. The van der Waals surface area contributed by atoms with Gasteiger partial charge in [-0.2, -0.15) is 0 Å². The van der Waals surface area contributed by atoms with Gasteiger partial charge in [-0.15, -0.1) is 0 Å². The Balaban J connectivity index is 0.000000195. The monoisotopic (exact) mass is 527 g/mol. The minimum absolute atomic E-state index is 0.447. The zero-order valence-corrected chi connectivity index (χ0v) is 21.1. The standard InChI is InChI=1S/C23H22.C6H3N3O7/c1-17-9-11-18(12-10-17)13-14-20-6-4-8-23-21-7-3-2-5-19(21)15-16-22(20)23;10-6-4(8(13)14)1-3(7(11)12)2-5(6)9(15)16/h2-3,5-7,9-12,15-16H,4,8,13-14H2,1H3;1-2,10H. The molecule has 4 aromatic rings. The molecule has 5 rings (SSSR count). The molecule has 0 heterocycles. The summed E-state index contributed by atoms with van der Waals surface area (Å²) in [4.78, 5) is 27.8. The highest BCUT2D eigenvalue weighted by molar-refractivity contribution is 5.91. The van der Waals surface area contributed by atoms with Gasteiger partial charge in [0.2, 0.25) is 0 Å². The lowest BCUT2D eigenvalue weighted by Gasteiger charge is -2.20. The van der Waals surface area contributed by atoms with E-state index in [0.717, 1.165) is 12.8 Å². The number of rotatable bonds is 6. The first-order chi connectivity index (χ1) is 18.7. The molecule has 0 spiro atoms. The van der Waals surface area contributed by atoms with Crippen LogP contribution in [-0.4, -0.2) is 19.9 Å². The predicted octanol–water partition coefficient (Wildman–Crippen LogP) is 7.23. The third-order valence-corrected chi connectivity index (χ3v) is 6.63. The van der Waals surface area contributed by atoms with E-state index in [-0.39, 0.29) is 0 Å². The SMILES string of the molecule is Cc1ccc(CCC2=CCCc3c2ccc2ccccc32)cc1.O=[N+]([O-])c1cc([N+](=O)[O-])c(O)c([N+](=O)[O-])c1. The Morgan fingerprint density at radius 1 is 0.795 bits per heavy atom. The van der Waals surface area contributed by atoms with Gasteiger partial charge >= 0.3 is 11.4 Å². The molecule has 198 valence electrons. The molecule has 0 unspecified atom stereocenters. The van der Waals surface area contributed by atoms with Crippen molar-refractivity contribution in [1.82, 2.24) is 0 Å². The first-order valence-electron chi connectivity index (χ1n) is 12.2. The average Bonchev–Trinajstić information content (AvgIpc) is 2.92. The van der Waals surface area contributed by atoms with E-state index in [2.05, 4.69) is 73.7 Å². The van der Waals surface area contributed by atoms with E-state index in [4.69, 9.17) is 5.11 Å². The molecule has 1 aliphatic rings. The highest BCUT2D eigenvalue weighted by Crippen LogP contribution is 2.39. The molecule has 0 fully saturated rings. The summed E-state index contributed by atoms with van der Waals surface area (Å²) in [5.41, 5.74) is 4.31. The lowest BCUT2D eigenvalue weighted by molar-refractivity contribution is -0.404. The maximum absolute atomic E-state index is 10.4. The van der Waals surface area contributed by atoms with Crippen LogP contribution >= 0.6 is 0 Å². The number of aromatic hydroxyl groups is 1. The molecule has 39 heavy (non-hydrogen) atoms. The zero-order valence-electron chi connectivity index (χ0n) is 21.1. The maximum atomic E-state index is 10.4. The molecule has 0 aromatic heterocycles. The van der Waals surface area contributed by atoms with Crippen molar-refractivity contribution in [3.8, 4) is 5.75 Å². The summed E-state index contributed by atoms with van der Waals surface area (Å²) < 4.78 is 0. The number of hydrogen-bond acceptors (Lipinski definition) is 7. The molecular weight excluding hydrogens is 502 g/mol. The summed E-state index contributed by atoms with van der Waals surface area (Å²) in [7, 11) is 0. The fraction of sp³-hybridized carbons (Fsp3) is 0.172. The maximum Gasteiger partial charge on any atom is 0.324 e. The Labute approximate surface area is 223 Å². The molecule has 4 aromatic carbocycles. The van der Waals surface area contributed by atoms with Crippen molar-refractivity contribution in [3.63, 3.8) is 0 Å². The Kier molecular flexibility index (Phi) is 7.95. The van der Waals surface area contributed by atoms with Crippen LogP contribution < -0.4 is 0 Å². The van der Waals surface area contributed by atoms with Crippen molar-refractivity contribution in [2.75, 3.05) is 0 Å². The summed E-state index contributed by atoms with van der Waals surface area (Å²) in [5.74, 6) is -1.21. The van der Waals surface area contributed by atoms with Crippen LogP contribution in [0, 0.1) is 37.3 Å². The molecule has 0 amide bonds. The number of fused-ring (bicyclic) bond motifs is 3. The van der Waals surface area contributed by atoms with Crippen molar-refractivity contribution in [1.29, 1.82) is 0 Å². The summed E-state index contributed by atoms with van der Waals surface area (Å²) in [6.45, 7) is 2.15. The molecule has 0 saturated heterocycles. The summed E-state index contributed by atoms with van der Waals surface area (Å²) in [6, 6.07) is 23.2. The summed E-state index contributed by atoms with van der Waals surface area (Å²) >= 11 is 0. The number of non-ortho nitro benzene ring substituents is 1. The van der Waals surface area contributed by atoms with Gasteiger partial charge in [0.25, 0.3) is 11.4 Å². The molecule has 10 nitrogen and oxygen atoms in total. The van der Waals surface area contributed by atoms with Crippen LogP contribution in [0.5, 0.6) is 5.75 Å². The molecule has 0 atom stereocenters. The topological polar surface area (TPSA) is 150 Å². The molecule has 0 aliphatic heterocycles. The highest BCUT2D eigenvalue weighted by Gasteiger charge is 2.30. The van der Waals surface area contributed by atoms with Gasteiger partial charge in [0.15, 0.2) is 0 Å². The van der Waals surface area contributed by atoms with Gasteiger partial charge in [0.05, 0.1) is 26.9 Å². The van der Waals surface area contributed by atoms with Crippen LogP contribution in [0.25, 0.3) is 16.3 Å². The molecule has 1 aliphatic carbocycles. The van der Waals surface area contributed by atoms with Gasteiger partial charge in [-0.1, -0.05) is 72.3 Å². The summed E-state index contributed by atoms with van der Waals surface area (Å²) in [5, 5.41) is 43.0. The van der Waals surface area contributed by atoms with Crippen LogP contribution in [0.2, 0.25) is 0 Å². The highest BCUT2D eigenvalue weighted by atomic mass is 16.6. The molecule has 0 saturated carbocycles. The van der Waals surface area contributed by atoms with Crippen molar-refractivity contribution in [3.05, 3.63) is 131 Å². The quantitative estimate of drug-likeness (QED) is 0.205. The molecular formula is C29H25N3O7.